The number of nitrogens with zero attached hydrogens (tertiary/aromatic N) is 1. The van der Waals surface area contributed by atoms with E-state index in [1.54, 1.807) is 18.2 Å². The van der Waals surface area contributed by atoms with Crippen LogP contribution in [0.25, 0.3) is 0 Å². The lowest BCUT2D eigenvalue weighted by molar-refractivity contribution is -0.385. The quantitative estimate of drug-likeness (QED) is 0.686. The first-order chi connectivity index (χ1) is 9.51. The van der Waals surface area contributed by atoms with E-state index >= 15 is 0 Å². The standard InChI is InChI=1S/C14H13ClN2O3/c1-9-6-12(4-2-10(9)8-16)20-14-5-3-11(15)7-13(14)17(18)19/h2-7H,8,16H2,1H3. The molecule has 2 aromatic carbocycles. The number of hydrogen-bond acceptors (Lipinski definition) is 4. The Morgan fingerprint density at radius 1 is 1.30 bits per heavy atom. The molecule has 0 bridgehead atoms. The minimum absolute atomic E-state index is 0.152. The number of nitro benzene ring substituents is 1. The van der Waals surface area contributed by atoms with Crippen molar-refractivity contribution in [3.63, 3.8) is 0 Å². The van der Waals surface area contributed by atoms with Crippen LogP contribution in [0.3, 0.4) is 0 Å². The number of nitro groups is 1. The topological polar surface area (TPSA) is 78.4 Å². The van der Waals surface area contributed by atoms with Crippen molar-refractivity contribution in [3.8, 4) is 11.5 Å². The van der Waals surface area contributed by atoms with Crippen LogP contribution in [0.2, 0.25) is 5.02 Å². The Bertz CT molecular complexity index is 659. The summed E-state index contributed by atoms with van der Waals surface area (Å²) in [7, 11) is 0. The molecule has 0 fully saturated rings. The third kappa shape index (κ3) is 3.07. The van der Waals surface area contributed by atoms with Crippen molar-refractivity contribution in [2.75, 3.05) is 0 Å². The lowest BCUT2D eigenvalue weighted by Crippen LogP contribution is -1.99. The zero-order chi connectivity index (χ0) is 14.7. The van der Waals surface area contributed by atoms with Gasteiger partial charge in [-0.15, -0.1) is 0 Å². The minimum atomic E-state index is -0.525. The maximum atomic E-state index is 11.0. The zero-order valence-corrected chi connectivity index (χ0v) is 11.6. The molecule has 0 amide bonds. The predicted molar refractivity (Wildman–Crippen MR) is 77.3 cm³/mol. The SMILES string of the molecule is Cc1cc(Oc2ccc(Cl)cc2[N+](=O)[O-])ccc1CN. The first-order valence-electron chi connectivity index (χ1n) is 5.92. The molecule has 0 aromatic heterocycles. The lowest BCUT2D eigenvalue weighted by Gasteiger charge is -2.09. The molecule has 6 heteroatoms. The van der Waals surface area contributed by atoms with Crippen LogP contribution >= 0.6 is 11.6 Å². The monoisotopic (exact) mass is 292 g/mol. The van der Waals surface area contributed by atoms with E-state index in [0.717, 1.165) is 11.1 Å². The van der Waals surface area contributed by atoms with Crippen LogP contribution in [-0.4, -0.2) is 4.92 Å². The van der Waals surface area contributed by atoms with Crippen molar-refractivity contribution in [1.82, 2.24) is 0 Å². The van der Waals surface area contributed by atoms with Gasteiger partial charge in [0.25, 0.3) is 0 Å². The number of halogens is 1. The molecule has 0 aliphatic rings. The summed E-state index contributed by atoms with van der Waals surface area (Å²) in [6.45, 7) is 2.35. The van der Waals surface area contributed by atoms with Gasteiger partial charge >= 0.3 is 5.69 Å². The number of rotatable bonds is 4. The summed E-state index contributed by atoms with van der Waals surface area (Å²) in [5.41, 5.74) is 7.40. The second-order valence-corrected chi connectivity index (χ2v) is 4.70. The fraction of sp³-hybridized carbons (Fsp3) is 0.143. The Labute approximate surface area is 121 Å². The Kier molecular flexibility index (Phi) is 4.22. The largest absolute Gasteiger partial charge is 0.450 e. The van der Waals surface area contributed by atoms with E-state index in [4.69, 9.17) is 22.1 Å². The van der Waals surface area contributed by atoms with Crippen LogP contribution in [0.15, 0.2) is 36.4 Å². The molecule has 5 nitrogen and oxygen atoms in total. The van der Waals surface area contributed by atoms with Gasteiger partial charge in [0.2, 0.25) is 5.75 Å². The van der Waals surface area contributed by atoms with Gasteiger partial charge in [-0.1, -0.05) is 17.7 Å². The molecule has 2 rings (SSSR count). The zero-order valence-electron chi connectivity index (χ0n) is 10.8. The van der Waals surface area contributed by atoms with Gasteiger partial charge in [0, 0.05) is 17.6 Å². The van der Waals surface area contributed by atoms with E-state index in [1.807, 2.05) is 13.0 Å². The molecule has 2 N–H and O–H groups in total. The molecule has 0 aliphatic carbocycles. The molecular weight excluding hydrogens is 280 g/mol. The summed E-state index contributed by atoms with van der Waals surface area (Å²) in [5, 5.41) is 11.3. The normalized spacial score (nSPS) is 10.3. The summed E-state index contributed by atoms with van der Waals surface area (Å²) < 4.78 is 5.56. The average Bonchev–Trinajstić information content (AvgIpc) is 2.41. The van der Waals surface area contributed by atoms with Crippen LogP contribution in [0, 0.1) is 17.0 Å². The van der Waals surface area contributed by atoms with Gasteiger partial charge < -0.3 is 10.5 Å². The van der Waals surface area contributed by atoms with E-state index in [-0.39, 0.29) is 11.4 Å². The van der Waals surface area contributed by atoms with E-state index in [1.165, 1.54) is 12.1 Å². The molecule has 0 unspecified atom stereocenters. The Hall–Kier alpha value is -2.11. The van der Waals surface area contributed by atoms with Crippen LogP contribution < -0.4 is 10.5 Å². The molecule has 0 saturated carbocycles. The average molecular weight is 293 g/mol. The van der Waals surface area contributed by atoms with Crippen molar-refractivity contribution < 1.29 is 9.66 Å². The van der Waals surface area contributed by atoms with Gasteiger partial charge in [-0.25, -0.2) is 0 Å². The number of nitrogens with two attached hydrogens (primary N) is 1. The third-order valence-corrected chi connectivity index (χ3v) is 3.11. The minimum Gasteiger partial charge on any atom is -0.450 e. The Morgan fingerprint density at radius 3 is 2.65 bits per heavy atom. The summed E-state index contributed by atoms with van der Waals surface area (Å²) >= 11 is 5.75. The summed E-state index contributed by atoms with van der Waals surface area (Å²) in [6.07, 6.45) is 0. The van der Waals surface area contributed by atoms with Crippen molar-refractivity contribution >= 4 is 17.3 Å². The number of benzene rings is 2. The second-order valence-electron chi connectivity index (χ2n) is 4.26. The maximum absolute atomic E-state index is 11.0. The van der Waals surface area contributed by atoms with Gasteiger partial charge in [0.15, 0.2) is 0 Å². The van der Waals surface area contributed by atoms with Gasteiger partial charge in [0.1, 0.15) is 5.75 Å². The fourth-order valence-corrected chi connectivity index (χ4v) is 1.97. The molecular formula is C14H13ClN2O3. The van der Waals surface area contributed by atoms with E-state index in [9.17, 15) is 10.1 Å². The highest BCUT2D eigenvalue weighted by atomic mass is 35.5. The third-order valence-electron chi connectivity index (χ3n) is 2.88. The number of ether oxygens (including phenoxy) is 1. The molecule has 2 aromatic rings. The van der Waals surface area contributed by atoms with Crippen molar-refractivity contribution in [1.29, 1.82) is 0 Å². The van der Waals surface area contributed by atoms with E-state index in [0.29, 0.717) is 17.3 Å². The highest BCUT2D eigenvalue weighted by molar-refractivity contribution is 6.30. The summed E-state index contributed by atoms with van der Waals surface area (Å²) in [6, 6.07) is 9.65. The van der Waals surface area contributed by atoms with Gasteiger partial charge in [0.05, 0.1) is 4.92 Å². The van der Waals surface area contributed by atoms with Crippen LogP contribution in [0.4, 0.5) is 5.69 Å². The van der Waals surface area contributed by atoms with Gasteiger partial charge in [-0.05, 0) is 42.3 Å². The van der Waals surface area contributed by atoms with Gasteiger partial charge in [-0.2, -0.15) is 0 Å². The smallest absolute Gasteiger partial charge is 0.313 e. The maximum Gasteiger partial charge on any atom is 0.313 e. The molecule has 0 saturated heterocycles. The van der Waals surface area contributed by atoms with Crippen molar-refractivity contribution in [2.45, 2.75) is 13.5 Å². The second kappa shape index (κ2) is 5.90. The van der Waals surface area contributed by atoms with Crippen molar-refractivity contribution in [3.05, 3.63) is 62.7 Å². The molecule has 0 radical (unpaired) electrons. The van der Waals surface area contributed by atoms with Gasteiger partial charge in [-0.3, -0.25) is 10.1 Å². The fourth-order valence-electron chi connectivity index (χ4n) is 1.81. The molecule has 104 valence electrons. The number of aryl methyl sites for hydroxylation is 1. The van der Waals surface area contributed by atoms with Crippen LogP contribution in [0.1, 0.15) is 11.1 Å². The molecule has 0 atom stereocenters. The highest BCUT2D eigenvalue weighted by Crippen LogP contribution is 2.34. The summed E-state index contributed by atoms with van der Waals surface area (Å²) in [4.78, 5) is 10.5. The summed E-state index contributed by atoms with van der Waals surface area (Å²) in [5.74, 6) is 0.671. The van der Waals surface area contributed by atoms with E-state index < -0.39 is 4.92 Å². The van der Waals surface area contributed by atoms with E-state index in [2.05, 4.69) is 0 Å². The van der Waals surface area contributed by atoms with Crippen LogP contribution in [0.5, 0.6) is 11.5 Å². The van der Waals surface area contributed by atoms with Crippen LogP contribution in [-0.2, 0) is 6.54 Å². The molecule has 0 heterocycles. The number of hydrogen-bond donors (Lipinski definition) is 1. The molecule has 0 aliphatic heterocycles. The Balaban J connectivity index is 2.35. The first-order valence-corrected chi connectivity index (χ1v) is 6.30. The van der Waals surface area contributed by atoms with Crippen molar-refractivity contribution in [2.24, 2.45) is 5.73 Å². The predicted octanol–water partition coefficient (Wildman–Crippen LogP) is 3.81. The molecule has 20 heavy (non-hydrogen) atoms. The highest BCUT2D eigenvalue weighted by Gasteiger charge is 2.16. The molecule has 0 spiro atoms. The lowest BCUT2D eigenvalue weighted by atomic mass is 10.1. The first kappa shape index (κ1) is 14.3. The Morgan fingerprint density at radius 2 is 2.05 bits per heavy atom.